The van der Waals surface area contributed by atoms with E-state index >= 15 is 0 Å². The molecule has 126 valence electrons. The summed E-state index contributed by atoms with van der Waals surface area (Å²) in [4.78, 5) is 22.1. The SMILES string of the molecule is Cc1nc(C)c(-c2csc(NC(=O)[C@@H]3CC[C@H](CN)O3)n2)s1.Cl. The summed E-state index contributed by atoms with van der Waals surface area (Å²) >= 11 is 3.02. The zero-order valence-corrected chi connectivity index (χ0v) is 15.3. The van der Waals surface area contributed by atoms with E-state index in [-0.39, 0.29) is 24.4 Å². The van der Waals surface area contributed by atoms with E-state index in [4.69, 9.17) is 10.5 Å². The molecule has 0 saturated carbocycles. The molecule has 3 heterocycles. The third-order valence-corrected chi connectivity index (χ3v) is 5.39. The van der Waals surface area contributed by atoms with E-state index in [0.29, 0.717) is 18.1 Å². The van der Waals surface area contributed by atoms with E-state index < -0.39 is 6.10 Å². The van der Waals surface area contributed by atoms with Crippen LogP contribution in [0.15, 0.2) is 5.38 Å². The molecule has 9 heteroatoms. The molecule has 6 nitrogen and oxygen atoms in total. The number of thiazole rings is 2. The summed E-state index contributed by atoms with van der Waals surface area (Å²) in [5, 5.41) is 6.37. The molecule has 2 aromatic rings. The Kier molecular flexibility index (Phi) is 6.10. The number of carbonyl (C=O) groups is 1. The smallest absolute Gasteiger partial charge is 0.255 e. The lowest BCUT2D eigenvalue weighted by Crippen LogP contribution is -2.29. The van der Waals surface area contributed by atoms with Crippen LogP contribution in [0.5, 0.6) is 0 Å². The van der Waals surface area contributed by atoms with Gasteiger partial charge in [0.15, 0.2) is 5.13 Å². The van der Waals surface area contributed by atoms with Crippen molar-refractivity contribution in [2.24, 2.45) is 5.73 Å². The molecule has 2 atom stereocenters. The number of aryl methyl sites for hydroxylation is 2. The standard InChI is InChI=1S/C14H18N4O2S2.ClH/c1-7-12(22-8(2)16-7)10-6-21-14(17-10)18-13(19)11-4-3-9(5-15)20-11;/h6,9,11H,3-5,15H2,1-2H3,(H,17,18,19);1H/t9-,11+;/m1./s1. The summed E-state index contributed by atoms with van der Waals surface area (Å²) < 4.78 is 5.59. The second-order valence-electron chi connectivity index (χ2n) is 5.23. The summed E-state index contributed by atoms with van der Waals surface area (Å²) in [6.07, 6.45) is 1.11. The Morgan fingerprint density at radius 1 is 1.43 bits per heavy atom. The molecule has 0 radical (unpaired) electrons. The second-order valence-corrected chi connectivity index (χ2v) is 7.30. The molecule has 1 saturated heterocycles. The van der Waals surface area contributed by atoms with Gasteiger partial charge in [-0.1, -0.05) is 0 Å². The van der Waals surface area contributed by atoms with Crippen molar-refractivity contribution in [2.45, 2.75) is 38.9 Å². The highest BCUT2D eigenvalue weighted by Crippen LogP contribution is 2.32. The molecular weight excluding hydrogens is 356 g/mol. The van der Waals surface area contributed by atoms with Crippen LogP contribution in [0, 0.1) is 13.8 Å². The molecule has 0 bridgehead atoms. The lowest BCUT2D eigenvalue weighted by Gasteiger charge is -2.11. The van der Waals surface area contributed by atoms with Crippen LogP contribution >= 0.6 is 35.1 Å². The van der Waals surface area contributed by atoms with E-state index in [1.807, 2.05) is 19.2 Å². The van der Waals surface area contributed by atoms with Crippen molar-refractivity contribution in [2.75, 3.05) is 11.9 Å². The maximum Gasteiger partial charge on any atom is 0.255 e. The van der Waals surface area contributed by atoms with Crippen LogP contribution in [0.3, 0.4) is 0 Å². The van der Waals surface area contributed by atoms with E-state index in [1.165, 1.54) is 11.3 Å². The Bertz CT molecular complexity index is 688. The van der Waals surface area contributed by atoms with Gasteiger partial charge in [-0.15, -0.1) is 35.1 Å². The van der Waals surface area contributed by atoms with Gasteiger partial charge in [-0.05, 0) is 26.7 Å². The lowest BCUT2D eigenvalue weighted by molar-refractivity contribution is -0.126. The number of amides is 1. The molecular formula is C14H19ClN4O2S2. The van der Waals surface area contributed by atoms with E-state index in [0.717, 1.165) is 27.7 Å². The van der Waals surface area contributed by atoms with Crippen LogP contribution in [0.4, 0.5) is 5.13 Å². The highest BCUT2D eigenvalue weighted by atomic mass is 35.5. The summed E-state index contributed by atoms with van der Waals surface area (Å²) in [7, 11) is 0. The van der Waals surface area contributed by atoms with Crippen molar-refractivity contribution < 1.29 is 9.53 Å². The quantitative estimate of drug-likeness (QED) is 0.858. The molecule has 2 aromatic heterocycles. The van der Waals surface area contributed by atoms with Gasteiger partial charge in [0.25, 0.3) is 5.91 Å². The molecule has 0 aromatic carbocycles. The number of anilines is 1. The number of nitrogens with one attached hydrogen (secondary N) is 1. The first-order valence-electron chi connectivity index (χ1n) is 7.13. The fourth-order valence-corrected chi connectivity index (χ4v) is 4.12. The van der Waals surface area contributed by atoms with Crippen molar-refractivity contribution in [3.8, 4) is 10.6 Å². The summed E-state index contributed by atoms with van der Waals surface area (Å²) in [6, 6.07) is 0. The molecule has 23 heavy (non-hydrogen) atoms. The number of carbonyl (C=O) groups excluding carboxylic acids is 1. The van der Waals surface area contributed by atoms with Crippen molar-refractivity contribution in [1.29, 1.82) is 0 Å². The molecule has 1 amide bonds. The Labute approximate surface area is 148 Å². The van der Waals surface area contributed by atoms with Crippen LogP contribution in [0.1, 0.15) is 23.5 Å². The van der Waals surface area contributed by atoms with Crippen LogP contribution in [-0.4, -0.2) is 34.6 Å². The highest BCUT2D eigenvalue weighted by Gasteiger charge is 2.30. The molecule has 3 N–H and O–H groups in total. The van der Waals surface area contributed by atoms with Gasteiger partial charge >= 0.3 is 0 Å². The normalized spacial score (nSPS) is 20.3. The fourth-order valence-electron chi connectivity index (χ4n) is 2.46. The van der Waals surface area contributed by atoms with Crippen molar-refractivity contribution >= 4 is 46.1 Å². The Morgan fingerprint density at radius 3 is 2.83 bits per heavy atom. The number of ether oxygens (including phenoxy) is 1. The molecule has 3 rings (SSSR count). The average molecular weight is 375 g/mol. The third kappa shape index (κ3) is 4.07. The van der Waals surface area contributed by atoms with Crippen LogP contribution < -0.4 is 11.1 Å². The molecule has 1 fully saturated rings. The topological polar surface area (TPSA) is 90.1 Å². The molecule has 0 aliphatic carbocycles. The number of hydrogen-bond donors (Lipinski definition) is 2. The Hall–Kier alpha value is -1.06. The van der Waals surface area contributed by atoms with Gasteiger partial charge in [0, 0.05) is 11.9 Å². The number of halogens is 1. The van der Waals surface area contributed by atoms with Gasteiger partial charge in [-0.25, -0.2) is 9.97 Å². The maximum absolute atomic E-state index is 12.2. The molecule has 0 unspecified atom stereocenters. The van der Waals surface area contributed by atoms with E-state index in [2.05, 4.69) is 15.3 Å². The number of hydrogen-bond acceptors (Lipinski definition) is 7. The first-order valence-corrected chi connectivity index (χ1v) is 8.82. The van der Waals surface area contributed by atoms with Crippen molar-refractivity contribution in [3.05, 3.63) is 16.1 Å². The zero-order chi connectivity index (χ0) is 15.7. The summed E-state index contributed by atoms with van der Waals surface area (Å²) in [5.41, 5.74) is 7.39. The minimum atomic E-state index is -0.423. The number of nitrogens with zero attached hydrogens (tertiary/aromatic N) is 2. The van der Waals surface area contributed by atoms with Crippen LogP contribution in [0.25, 0.3) is 10.6 Å². The van der Waals surface area contributed by atoms with Gasteiger partial charge in [0.05, 0.1) is 27.4 Å². The van der Waals surface area contributed by atoms with Gasteiger partial charge in [0.2, 0.25) is 0 Å². The highest BCUT2D eigenvalue weighted by molar-refractivity contribution is 7.16. The minimum Gasteiger partial charge on any atom is -0.364 e. The van der Waals surface area contributed by atoms with Crippen LogP contribution in [0.2, 0.25) is 0 Å². The monoisotopic (exact) mass is 374 g/mol. The first kappa shape index (κ1) is 18.3. The average Bonchev–Trinajstić information content (AvgIpc) is 3.18. The van der Waals surface area contributed by atoms with Gasteiger partial charge in [-0.3, -0.25) is 10.1 Å². The van der Waals surface area contributed by atoms with Gasteiger partial charge in [0.1, 0.15) is 6.10 Å². The number of rotatable bonds is 4. The maximum atomic E-state index is 12.2. The summed E-state index contributed by atoms with van der Waals surface area (Å²) in [5.74, 6) is -0.144. The van der Waals surface area contributed by atoms with E-state index in [1.54, 1.807) is 11.3 Å². The predicted octanol–water partition coefficient (Wildman–Crippen LogP) is 2.75. The minimum absolute atomic E-state index is 0. The molecule has 1 aliphatic rings. The Balaban J connectivity index is 0.00000192. The van der Waals surface area contributed by atoms with Crippen molar-refractivity contribution in [3.63, 3.8) is 0 Å². The van der Waals surface area contributed by atoms with Crippen molar-refractivity contribution in [1.82, 2.24) is 9.97 Å². The fraction of sp³-hybridized carbons (Fsp3) is 0.500. The molecule has 0 spiro atoms. The second kappa shape index (κ2) is 7.67. The predicted molar refractivity (Wildman–Crippen MR) is 95.5 cm³/mol. The van der Waals surface area contributed by atoms with Gasteiger partial charge in [-0.2, -0.15) is 0 Å². The lowest BCUT2D eigenvalue weighted by atomic mass is 10.2. The van der Waals surface area contributed by atoms with Gasteiger partial charge < -0.3 is 10.5 Å². The van der Waals surface area contributed by atoms with Crippen LogP contribution in [-0.2, 0) is 9.53 Å². The summed E-state index contributed by atoms with van der Waals surface area (Å²) in [6.45, 7) is 4.40. The number of aromatic nitrogens is 2. The largest absolute Gasteiger partial charge is 0.364 e. The first-order chi connectivity index (χ1) is 10.6. The Morgan fingerprint density at radius 2 is 2.22 bits per heavy atom. The third-order valence-electron chi connectivity index (χ3n) is 3.53. The molecule has 1 aliphatic heterocycles. The van der Waals surface area contributed by atoms with E-state index in [9.17, 15) is 4.79 Å². The zero-order valence-electron chi connectivity index (χ0n) is 12.9. The number of nitrogens with two attached hydrogens (primary N) is 1.